The number of unbranched alkanes of at least 4 members (excludes halogenated alkanes) is 2. The Kier molecular flexibility index (Phi) is 16.8. The van der Waals surface area contributed by atoms with Crippen LogP contribution in [0.1, 0.15) is 32.6 Å². The van der Waals surface area contributed by atoms with Gasteiger partial charge in [-0.1, -0.05) is 19.8 Å². The van der Waals surface area contributed by atoms with Crippen molar-refractivity contribution in [1.82, 2.24) is 0 Å². The molecule has 4 N–H and O–H groups in total. The molecule has 0 heterocycles. The van der Waals surface area contributed by atoms with E-state index in [9.17, 15) is 15.0 Å². The maximum atomic E-state index is 11.3. The highest BCUT2D eigenvalue weighted by Gasteiger charge is 2.28. The average molecular weight is 288 g/mol. The zero-order chi connectivity index (χ0) is 11.8. The van der Waals surface area contributed by atoms with Crippen molar-refractivity contribution in [1.29, 1.82) is 0 Å². The van der Waals surface area contributed by atoms with Crippen LogP contribution in [0.4, 0.5) is 0 Å². The summed E-state index contributed by atoms with van der Waals surface area (Å²) >= 11 is 0. The Morgan fingerprint density at radius 3 is 2.12 bits per heavy atom. The Labute approximate surface area is 112 Å². The van der Waals surface area contributed by atoms with Gasteiger partial charge in [0.15, 0.2) is 5.78 Å². The maximum Gasteiger partial charge on any atom is 0.164 e. The van der Waals surface area contributed by atoms with E-state index in [2.05, 4.69) is 0 Å². The molecule has 0 rings (SSSR count). The smallest absolute Gasteiger partial charge is 0.164 e. The molecule has 0 saturated carbocycles. The van der Waals surface area contributed by atoms with E-state index in [0.29, 0.717) is 6.42 Å². The van der Waals surface area contributed by atoms with Crippen molar-refractivity contribution in [2.45, 2.75) is 50.9 Å². The number of carbonyl (C=O) groups excluding carboxylic acids is 1. The summed E-state index contributed by atoms with van der Waals surface area (Å²) in [6.45, 7) is 1.31. The summed E-state index contributed by atoms with van der Waals surface area (Å²) in [5.74, 6) is -0.497. The fraction of sp³-hybridized carbons (Fsp3) is 0.900. The molecule has 0 aliphatic rings. The second-order valence-electron chi connectivity index (χ2n) is 3.61. The molecule has 4 atom stereocenters. The van der Waals surface area contributed by atoms with Gasteiger partial charge >= 0.3 is 0 Å². The second kappa shape index (κ2) is 12.7. The van der Waals surface area contributed by atoms with Gasteiger partial charge < -0.3 is 20.4 Å². The third-order valence-electron chi connectivity index (χ3n) is 2.26. The highest BCUT2D eigenvalue weighted by atomic mass is 32.1. The minimum absolute atomic E-state index is 0. The number of hydrogen-bond acceptors (Lipinski definition) is 5. The van der Waals surface area contributed by atoms with Crippen LogP contribution in [0.3, 0.4) is 0 Å². The van der Waals surface area contributed by atoms with Gasteiger partial charge in [-0.15, -0.1) is 0 Å². The molecule has 0 aromatic rings. The third kappa shape index (κ3) is 8.94. The lowest BCUT2D eigenvalue weighted by Crippen LogP contribution is -2.43. The van der Waals surface area contributed by atoms with E-state index in [0.717, 1.165) is 12.8 Å². The van der Waals surface area contributed by atoms with Crippen molar-refractivity contribution >= 4 is 29.2 Å². The van der Waals surface area contributed by atoms with Crippen molar-refractivity contribution in [2.24, 2.45) is 0 Å². The van der Waals surface area contributed by atoms with Crippen molar-refractivity contribution in [3.63, 3.8) is 0 Å². The Balaban J connectivity index is -0.000000980. The van der Waals surface area contributed by atoms with Gasteiger partial charge in [-0.3, -0.25) is 4.79 Å². The van der Waals surface area contributed by atoms with Crippen LogP contribution in [0.15, 0.2) is 0 Å². The van der Waals surface area contributed by atoms with Gasteiger partial charge in [0.2, 0.25) is 0 Å². The van der Waals surface area contributed by atoms with Crippen molar-refractivity contribution in [3.8, 4) is 0 Å². The van der Waals surface area contributed by atoms with Gasteiger partial charge in [0.05, 0.1) is 6.61 Å². The molecule has 17 heavy (non-hydrogen) atoms. The minimum atomic E-state index is -1.61. The number of Topliss-reactive ketones (excluding diaryl/α,β-unsaturated/α-hetero) is 1. The molecule has 0 aliphatic carbocycles. The molecule has 106 valence electrons. The molecule has 0 fully saturated rings. The first-order valence-corrected chi connectivity index (χ1v) is 5.22. The average Bonchev–Trinajstić information content (AvgIpc) is 2.26. The van der Waals surface area contributed by atoms with Crippen molar-refractivity contribution in [3.05, 3.63) is 0 Å². The van der Waals surface area contributed by atoms with Crippen LogP contribution in [-0.4, -0.2) is 51.1 Å². The molecule has 0 aliphatic heterocycles. The van der Waals surface area contributed by atoms with Crippen molar-refractivity contribution < 1.29 is 25.2 Å². The number of aliphatic hydroxyl groups is 4. The molecule has 0 spiro atoms. The zero-order valence-corrected chi connectivity index (χ0v) is 12.6. The molecule has 0 amide bonds. The van der Waals surface area contributed by atoms with Crippen LogP contribution in [-0.2, 0) is 4.79 Å². The lowest BCUT2D eigenvalue weighted by molar-refractivity contribution is -0.140. The highest BCUT2D eigenvalue weighted by molar-refractivity contribution is 7.59. The number of rotatable bonds is 8. The standard InChI is InChI=1S/C10H20O5.H3P.H2S/c1-2-3-4-5-7(12)9(14)10(15)8(13)6-11;;/h8-11,13-15H,2-6H2,1H3;1H3;1H2. The van der Waals surface area contributed by atoms with Gasteiger partial charge in [-0.25, -0.2) is 0 Å². The summed E-state index contributed by atoms with van der Waals surface area (Å²) in [5, 5.41) is 36.1. The Hall–Kier alpha value is 0.290. The van der Waals surface area contributed by atoms with E-state index in [-0.39, 0.29) is 29.8 Å². The van der Waals surface area contributed by atoms with Gasteiger partial charge in [-0.05, 0) is 6.42 Å². The number of carbonyl (C=O) groups is 1. The molecular formula is C10H25O5PS. The zero-order valence-electron chi connectivity index (χ0n) is 10.2. The minimum Gasteiger partial charge on any atom is -0.394 e. The van der Waals surface area contributed by atoms with Gasteiger partial charge in [0, 0.05) is 6.42 Å². The Morgan fingerprint density at radius 2 is 1.71 bits per heavy atom. The van der Waals surface area contributed by atoms with E-state index in [4.69, 9.17) is 10.2 Å². The van der Waals surface area contributed by atoms with E-state index < -0.39 is 30.7 Å². The summed E-state index contributed by atoms with van der Waals surface area (Å²) in [6, 6.07) is 0. The van der Waals surface area contributed by atoms with E-state index in [1.807, 2.05) is 6.92 Å². The molecule has 0 saturated heterocycles. The fourth-order valence-electron chi connectivity index (χ4n) is 1.21. The van der Waals surface area contributed by atoms with Gasteiger partial charge in [0.1, 0.15) is 18.3 Å². The molecule has 5 nitrogen and oxygen atoms in total. The summed E-state index contributed by atoms with van der Waals surface area (Å²) in [5.41, 5.74) is 0. The maximum absolute atomic E-state index is 11.3. The summed E-state index contributed by atoms with van der Waals surface area (Å²) < 4.78 is 0. The van der Waals surface area contributed by atoms with Gasteiger partial charge in [-0.2, -0.15) is 23.4 Å². The van der Waals surface area contributed by atoms with E-state index in [1.165, 1.54) is 0 Å². The Bertz CT molecular complexity index is 194. The van der Waals surface area contributed by atoms with Crippen LogP contribution in [0.25, 0.3) is 0 Å². The quantitative estimate of drug-likeness (QED) is 0.352. The van der Waals surface area contributed by atoms with E-state index >= 15 is 0 Å². The number of ketones is 1. The topological polar surface area (TPSA) is 98.0 Å². The molecular weight excluding hydrogens is 263 g/mol. The summed E-state index contributed by atoms with van der Waals surface area (Å²) in [4.78, 5) is 11.3. The van der Waals surface area contributed by atoms with Crippen LogP contribution in [0.5, 0.6) is 0 Å². The predicted octanol–water partition coefficient (Wildman–Crippen LogP) is -0.618. The molecule has 0 aromatic carbocycles. The first-order valence-electron chi connectivity index (χ1n) is 5.22. The van der Waals surface area contributed by atoms with Crippen LogP contribution < -0.4 is 0 Å². The first kappa shape index (κ1) is 22.5. The second-order valence-corrected chi connectivity index (χ2v) is 3.61. The summed E-state index contributed by atoms with van der Waals surface area (Å²) in [7, 11) is 0. The molecule has 7 heteroatoms. The predicted molar refractivity (Wildman–Crippen MR) is 75.7 cm³/mol. The largest absolute Gasteiger partial charge is 0.394 e. The SMILES string of the molecule is CCCCCC(=O)C(O)C(O)C(O)CO.P.S. The first-order chi connectivity index (χ1) is 7.04. The van der Waals surface area contributed by atoms with Crippen LogP contribution >= 0.6 is 23.4 Å². The molecule has 0 aromatic heterocycles. The van der Waals surface area contributed by atoms with Gasteiger partial charge in [0.25, 0.3) is 0 Å². The third-order valence-corrected chi connectivity index (χ3v) is 2.26. The normalized spacial score (nSPS) is 15.1. The van der Waals surface area contributed by atoms with E-state index in [1.54, 1.807) is 0 Å². The number of aliphatic hydroxyl groups excluding tert-OH is 4. The lowest BCUT2D eigenvalue weighted by Gasteiger charge is -2.20. The van der Waals surface area contributed by atoms with Crippen LogP contribution in [0.2, 0.25) is 0 Å². The molecule has 4 unspecified atom stereocenters. The number of hydrogen-bond donors (Lipinski definition) is 4. The van der Waals surface area contributed by atoms with Crippen LogP contribution in [0, 0.1) is 0 Å². The monoisotopic (exact) mass is 288 g/mol. The summed E-state index contributed by atoms with van der Waals surface area (Å²) in [6.07, 6.45) is -2.00. The fourth-order valence-corrected chi connectivity index (χ4v) is 1.21. The highest BCUT2D eigenvalue weighted by Crippen LogP contribution is 2.07. The lowest BCUT2D eigenvalue weighted by atomic mass is 10.0. The van der Waals surface area contributed by atoms with Crippen molar-refractivity contribution in [2.75, 3.05) is 6.61 Å². The molecule has 0 radical (unpaired) electrons. The molecule has 0 bridgehead atoms. The Morgan fingerprint density at radius 1 is 1.18 bits per heavy atom.